The van der Waals surface area contributed by atoms with Crippen LogP contribution in [0.4, 0.5) is 0 Å². The molecule has 2 saturated heterocycles. The van der Waals surface area contributed by atoms with Crippen molar-refractivity contribution in [3.63, 3.8) is 0 Å². The lowest BCUT2D eigenvalue weighted by Crippen LogP contribution is -2.62. The smallest absolute Gasteiger partial charge is 0.262 e. The number of likely N-dealkylation sites (N-methyl/N-ethyl adjacent to an activating group) is 1. The first-order valence-electron chi connectivity index (χ1n) is 16.0. The molecule has 1 unspecified atom stereocenters. The molecule has 0 radical (unpaired) electrons. The fourth-order valence-electron chi connectivity index (χ4n) is 6.34. The highest BCUT2D eigenvalue weighted by Crippen LogP contribution is 2.47. The van der Waals surface area contributed by atoms with Gasteiger partial charge in [-0.2, -0.15) is 0 Å². The third kappa shape index (κ3) is 7.58. The van der Waals surface area contributed by atoms with Crippen molar-refractivity contribution in [3.8, 4) is 5.75 Å². The maximum atomic E-state index is 15.1. The number of benzene rings is 3. The van der Waals surface area contributed by atoms with E-state index in [9.17, 15) is 4.79 Å². The number of halogens is 3. The Balaban J connectivity index is 1.64. The monoisotopic (exact) mass is 699 g/mol. The number of amides is 2. The Morgan fingerprint density at radius 3 is 1.83 bits per heavy atom. The van der Waals surface area contributed by atoms with Gasteiger partial charge in [0, 0.05) is 60.9 Å². The predicted octanol–water partition coefficient (Wildman–Crippen LogP) is 6.40. The lowest BCUT2D eigenvalue weighted by Gasteiger charge is -2.41. The molecule has 252 valence electrons. The van der Waals surface area contributed by atoms with Crippen molar-refractivity contribution >= 4 is 46.6 Å². The minimum atomic E-state index is -1.42. The number of nitrogens with zero attached hydrogens (tertiary/aromatic N) is 3. The van der Waals surface area contributed by atoms with Crippen molar-refractivity contribution in [3.05, 3.63) is 98.0 Å². The van der Waals surface area contributed by atoms with Crippen LogP contribution < -0.4 is 15.4 Å². The minimum absolute atomic E-state index is 0.0342. The second kappa shape index (κ2) is 14.3. The van der Waals surface area contributed by atoms with Crippen LogP contribution in [0.15, 0.2) is 60.7 Å². The summed E-state index contributed by atoms with van der Waals surface area (Å²) in [6.07, 6.45) is 0. The number of piperazine rings is 1. The first kappa shape index (κ1) is 35.5. The zero-order valence-corrected chi connectivity index (χ0v) is 30.1. The third-order valence-electron chi connectivity index (χ3n) is 8.95. The van der Waals surface area contributed by atoms with Gasteiger partial charge in [-0.25, -0.2) is 0 Å². The van der Waals surface area contributed by atoms with Gasteiger partial charge in [-0.3, -0.25) is 25.1 Å². The highest BCUT2D eigenvalue weighted by atomic mass is 35.5. The number of nitrogens with one attached hydrogen (secondary N) is 2. The first-order valence-corrected chi connectivity index (χ1v) is 17.1. The van der Waals surface area contributed by atoms with Crippen molar-refractivity contribution in [1.82, 2.24) is 25.3 Å². The molecule has 2 fully saturated rings. The van der Waals surface area contributed by atoms with Crippen LogP contribution in [0.1, 0.15) is 62.0 Å². The van der Waals surface area contributed by atoms with E-state index in [0.717, 1.165) is 16.7 Å². The Kier molecular flexibility index (Phi) is 10.8. The lowest BCUT2D eigenvalue weighted by molar-refractivity contribution is -0.142. The average Bonchev–Trinajstić information content (AvgIpc) is 3.43. The van der Waals surface area contributed by atoms with Gasteiger partial charge in [0.1, 0.15) is 5.75 Å². The molecule has 2 N–H and O–H groups in total. The fraction of sp³-hybridized carbons (Fsp3) is 0.444. The molecule has 11 heteroatoms. The van der Waals surface area contributed by atoms with Crippen molar-refractivity contribution < 1.29 is 14.3 Å². The van der Waals surface area contributed by atoms with Gasteiger partial charge in [-0.1, -0.05) is 79.8 Å². The van der Waals surface area contributed by atoms with Crippen LogP contribution in [-0.4, -0.2) is 79.9 Å². The summed E-state index contributed by atoms with van der Waals surface area (Å²) in [7, 11) is 3.51. The molecule has 3 aromatic carbocycles. The average molecular weight is 701 g/mol. The lowest BCUT2D eigenvalue weighted by atomic mass is 9.84. The van der Waals surface area contributed by atoms with Gasteiger partial charge in [0.05, 0.1) is 25.2 Å². The first-order chi connectivity index (χ1) is 22.2. The van der Waals surface area contributed by atoms with Crippen molar-refractivity contribution in [2.75, 3.05) is 53.4 Å². The van der Waals surface area contributed by atoms with E-state index in [1.54, 1.807) is 19.0 Å². The van der Waals surface area contributed by atoms with E-state index in [4.69, 9.17) is 39.5 Å². The molecule has 2 heterocycles. The summed E-state index contributed by atoms with van der Waals surface area (Å²) in [4.78, 5) is 33.1. The van der Waals surface area contributed by atoms with Gasteiger partial charge in [0.15, 0.2) is 5.66 Å². The molecule has 2 aliphatic heterocycles. The third-order valence-corrected chi connectivity index (χ3v) is 9.77. The number of hydrogen-bond acceptors (Lipinski definition) is 6. The molecule has 8 nitrogen and oxygen atoms in total. The summed E-state index contributed by atoms with van der Waals surface area (Å²) < 4.78 is 6.30. The molecule has 2 aliphatic rings. The Morgan fingerprint density at radius 2 is 1.38 bits per heavy atom. The fourth-order valence-corrected chi connectivity index (χ4v) is 7.04. The number of hydrogen-bond donors (Lipinski definition) is 2. The van der Waals surface area contributed by atoms with Gasteiger partial charge in [0.25, 0.3) is 5.91 Å². The van der Waals surface area contributed by atoms with Crippen molar-refractivity contribution in [2.24, 2.45) is 0 Å². The second-order valence-corrected chi connectivity index (χ2v) is 14.7. The molecular weight excluding hydrogens is 657 g/mol. The maximum Gasteiger partial charge on any atom is 0.262 e. The van der Waals surface area contributed by atoms with Crippen LogP contribution in [0.3, 0.4) is 0 Å². The normalized spacial score (nSPS) is 21.9. The van der Waals surface area contributed by atoms with Gasteiger partial charge < -0.3 is 14.5 Å². The Hall–Kier alpha value is -2.85. The Labute approximate surface area is 293 Å². The van der Waals surface area contributed by atoms with Crippen LogP contribution in [-0.2, 0) is 20.7 Å². The van der Waals surface area contributed by atoms with E-state index in [0.29, 0.717) is 65.7 Å². The number of carbonyl (C=O) groups excluding carboxylic acids is 2. The standard InChI is InChI=1S/C36H44Cl3N5O3/c1-7-47-30-21-27(35(2,3)4)29(39)20-28(30)36(34(46)44-18-16-43(17-19-44)22-31(45)42(5)6)40-32(23-8-12-25(37)13-9-23)33(41-36)24-10-14-26(38)15-11-24/h8-15,20-21,32-33,40-41H,7,16-19,22H2,1-6H3/t32-,33+,36?. The summed E-state index contributed by atoms with van der Waals surface area (Å²) in [6, 6.07) is 18.5. The molecule has 5 rings (SSSR count). The molecule has 0 aliphatic carbocycles. The minimum Gasteiger partial charge on any atom is -0.493 e. The van der Waals surface area contributed by atoms with Crippen molar-refractivity contribution in [2.45, 2.75) is 50.9 Å². The highest BCUT2D eigenvalue weighted by Gasteiger charge is 2.55. The number of carbonyl (C=O) groups is 2. The zero-order chi connectivity index (χ0) is 34.1. The van der Waals surface area contributed by atoms with Crippen LogP contribution in [0.5, 0.6) is 5.75 Å². The maximum absolute atomic E-state index is 15.1. The molecule has 47 heavy (non-hydrogen) atoms. The van der Waals surface area contributed by atoms with E-state index in [1.807, 2.05) is 72.5 Å². The van der Waals surface area contributed by atoms with Crippen LogP contribution in [0.25, 0.3) is 0 Å². The van der Waals surface area contributed by atoms with Gasteiger partial charge in [-0.05, 0) is 65.4 Å². The molecule has 0 spiro atoms. The zero-order valence-electron chi connectivity index (χ0n) is 27.9. The largest absolute Gasteiger partial charge is 0.493 e. The van der Waals surface area contributed by atoms with E-state index in [-0.39, 0.29) is 29.3 Å². The molecule has 0 bridgehead atoms. The topological polar surface area (TPSA) is 77.2 Å². The quantitative estimate of drug-likeness (QED) is 0.283. The predicted molar refractivity (Wildman–Crippen MR) is 189 cm³/mol. The summed E-state index contributed by atoms with van der Waals surface area (Å²) in [5.41, 5.74) is 1.78. The van der Waals surface area contributed by atoms with Crippen LogP contribution >= 0.6 is 34.8 Å². The number of rotatable bonds is 8. The molecular formula is C36H44Cl3N5O3. The molecule has 2 amide bonds. The van der Waals surface area contributed by atoms with E-state index >= 15 is 4.79 Å². The number of ether oxygens (including phenoxy) is 1. The Bertz CT molecular complexity index is 1530. The van der Waals surface area contributed by atoms with Gasteiger partial charge >= 0.3 is 0 Å². The van der Waals surface area contributed by atoms with Crippen LogP contribution in [0.2, 0.25) is 15.1 Å². The van der Waals surface area contributed by atoms with Gasteiger partial charge in [0.2, 0.25) is 5.91 Å². The summed E-state index contributed by atoms with van der Waals surface area (Å²) in [6.45, 7) is 11.0. The summed E-state index contributed by atoms with van der Waals surface area (Å²) >= 11 is 19.7. The van der Waals surface area contributed by atoms with Crippen LogP contribution in [0, 0.1) is 0 Å². The summed E-state index contributed by atoms with van der Waals surface area (Å²) in [5, 5.41) is 9.34. The molecule has 0 saturated carbocycles. The van der Waals surface area contributed by atoms with E-state index < -0.39 is 5.66 Å². The molecule has 3 aromatic rings. The van der Waals surface area contributed by atoms with E-state index in [2.05, 4.69) is 36.3 Å². The van der Waals surface area contributed by atoms with Crippen molar-refractivity contribution in [1.29, 1.82) is 0 Å². The second-order valence-electron chi connectivity index (χ2n) is 13.5. The molecule has 0 aromatic heterocycles. The summed E-state index contributed by atoms with van der Waals surface area (Å²) in [5.74, 6) is 0.468. The Morgan fingerprint density at radius 1 is 0.872 bits per heavy atom. The molecule has 3 atom stereocenters. The van der Waals surface area contributed by atoms with Gasteiger partial charge in [-0.15, -0.1) is 0 Å². The van der Waals surface area contributed by atoms with E-state index in [1.165, 1.54) is 0 Å². The highest BCUT2D eigenvalue weighted by molar-refractivity contribution is 6.32. The SMILES string of the molecule is CCOc1cc(C(C)(C)C)c(Cl)cc1C1(C(=O)N2CCN(CC(=O)N(C)C)CC2)N[C@H](c2ccc(Cl)cc2)[C@H](c2ccc(Cl)cc2)N1.